The lowest BCUT2D eigenvalue weighted by Crippen LogP contribution is -2.47. The van der Waals surface area contributed by atoms with E-state index in [1.165, 1.54) is 4.90 Å². The van der Waals surface area contributed by atoms with Gasteiger partial charge in [0.05, 0.1) is 11.5 Å². The lowest BCUT2D eigenvalue weighted by atomic mass is 9.86. The van der Waals surface area contributed by atoms with Gasteiger partial charge in [0.15, 0.2) is 0 Å². The molecule has 1 aliphatic rings. The van der Waals surface area contributed by atoms with Gasteiger partial charge in [-0.3, -0.25) is 4.79 Å². The summed E-state index contributed by atoms with van der Waals surface area (Å²) in [7, 11) is 3.40. The molecule has 1 aromatic rings. The first-order valence-electron chi connectivity index (χ1n) is 8.07. The maximum Gasteiger partial charge on any atom is 0.322 e. The Balaban J connectivity index is 2.07. The molecule has 6 nitrogen and oxygen atoms in total. The van der Waals surface area contributed by atoms with Gasteiger partial charge < -0.3 is 15.1 Å². The Morgan fingerprint density at radius 3 is 2.46 bits per heavy atom. The zero-order chi connectivity index (χ0) is 17.9. The van der Waals surface area contributed by atoms with Crippen LogP contribution in [0.3, 0.4) is 0 Å². The number of amides is 3. The minimum Gasteiger partial charge on any atom is -0.347 e. The molecule has 0 bridgehead atoms. The Hall–Kier alpha value is -2.55. The van der Waals surface area contributed by atoms with E-state index < -0.39 is 11.5 Å². The van der Waals surface area contributed by atoms with Crippen molar-refractivity contribution in [3.8, 4) is 6.07 Å². The quantitative estimate of drug-likeness (QED) is 0.926. The summed E-state index contributed by atoms with van der Waals surface area (Å²) in [6.45, 7) is 4.28. The van der Waals surface area contributed by atoms with Crippen molar-refractivity contribution in [1.29, 1.82) is 5.26 Å². The van der Waals surface area contributed by atoms with Crippen molar-refractivity contribution in [3.05, 3.63) is 29.8 Å². The molecule has 1 atom stereocenters. The van der Waals surface area contributed by atoms with Gasteiger partial charge >= 0.3 is 6.03 Å². The Morgan fingerprint density at radius 1 is 1.29 bits per heavy atom. The number of nitrogens with zero attached hydrogens (tertiary/aromatic N) is 3. The number of likely N-dealkylation sites (N-methyl/N-ethyl adjacent to an activating group) is 1. The predicted molar refractivity (Wildman–Crippen MR) is 92.5 cm³/mol. The fourth-order valence-corrected chi connectivity index (χ4v) is 2.79. The van der Waals surface area contributed by atoms with E-state index in [-0.39, 0.29) is 11.9 Å². The summed E-state index contributed by atoms with van der Waals surface area (Å²) in [5.41, 5.74) is 0.978. The van der Waals surface area contributed by atoms with Crippen LogP contribution in [0.25, 0.3) is 0 Å². The molecule has 1 heterocycles. The number of nitrogens with one attached hydrogen (secondary N) is 1. The lowest BCUT2D eigenvalue weighted by molar-refractivity contribution is -0.132. The molecule has 1 fully saturated rings. The highest BCUT2D eigenvalue weighted by Gasteiger charge is 2.35. The predicted octanol–water partition coefficient (Wildman–Crippen LogP) is 2.57. The SMILES string of the molecule is CN(C)C(=O)C1CCCN1C(=O)Nc1ccc(C(C)(C)C#N)cc1. The van der Waals surface area contributed by atoms with Crippen molar-refractivity contribution in [3.63, 3.8) is 0 Å². The Labute approximate surface area is 143 Å². The largest absolute Gasteiger partial charge is 0.347 e. The highest BCUT2D eigenvalue weighted by Crippen LogP contribution is 2.24. The van der Waals surface area contributed by atoms with Crippen molar-refractivity contribution < 1.29 is 9.59 Å². The fourth-order valence-electron chi connectivity index (χ4n) is 2.79. The van der Waals surface area contributed by atoms with Crippen LogP contribution in [0, 0.1) is 11.3 Å². The molecule has 128 valence electrons. The summed E-state index contributed by atoms with van der Waals surface area (Å²) in [6.07, 6.45) is 1.52. The normalized spacial score (nSPS) is 17.3. The van der Waals surface area contributed by atoms with E-state index in [0.29, 0.717) is 18.7 Å². The van der Waals surface area contributed by atoms with Crippen LogP contribution >= 0.6 is 0 Å². The van der Waals surface area contributed by atoms with Gasteiger partial charge in [0.2, 0.25) is 5.91 Å². The van der Waals surface area contributed by atoms with Crippen LogP contribution in [0.15, 0.2) is 24.3 Å². The summed E-state index contributed by atoms with van der Waals surface area (Å²) in [5, 5.41) is 12.0. The number of anilines is 1. The van der Waals surface area contributed by atoms with Crippen molar-refractivity contribution in [1.82, 2.24) is 9.80 Å². The lowest BCUT2D eigenvalue weighted by Gasteiger charge is -2.26. The number of carbonyl (C=O) groups is 2. The van der Waals surface area contributed by atoms with E-state index in [9.17, 15) is 9.59 Å². The maximum absolute atomic E-state index is 12.5. The van der Waals surface area contributed by atoms with E-state index >= 15 is 0 Å². The van der Waals surface area contributed by atoms with Gasteiger partial charge in [-0.05, 0) is 44.4 Å². The summed E-state index contributed by atoms with van der Waals surface area (Å²) < 4.78 is 0. The van der Waals surface area contributed by atoms with Crippen LogP contribution in [-0.4, -0.2) is 48.4 Å². The third kappa shape index (κ3) is 3.67. The van der Waals surface area contributed by atoms with E-state index in [0.717, 1.165) is 12.0 Å². The molecule has 2 rings (SSSR count). The summed E-state index contributed by atoms with van der Waals surface area (Å²) in [6, 6.07) is 8.84. The zero-order valence-corrected chi connectivity index (χ0v) is 14.7. The highest BCUT2D eigenvalue weighted by atomic mass is 16.2. The van der Waals surface area contributed by atoms with Crippen LogP contribution in [0.2, 0.25) is 0 Å². The minimum absolute atomic E-state index is 0.0474. The first-order valence-corrected chi connectivity index (χ1v) is 8.07. The van der Waals surface area contributed by atoms with Gasteiger partial charge in [-0.2, -0.15) is 5.26 Å². The van der Waals surface area contributed by atoms with Gasteiger partial charge in [0.25, 0.3) is 0 Å². The molecular weight excluding hydrogens is 304 g/mol. The highest BCUT2D eigenvalue weighted by molar-refractivity contribution is 5.94. The molecule has 1 aliphatic heterocycles. The molecule has 1 aromatic carbocycles. The van der Waals surface area contributed by atoms with Gasteiger partial charge in [0.1, 0.15) is 6.04 Å². The first kappa shape index (κ1) is 17.8. The number of urea groups is 1. The summed E-state index contributed by atoms with van der Waals surface area (Å²) in [4.78, 5) is 27.8. The average Bonchev–Trinajstić information content (AvgIpc) is 3.04. The van der Waals surface area contributed by atoms with Crippen molar-refractivity contribution >= 4 is 17.6 Å². The van der Waals surface area contributed by atoms with Gasteiger partial charge in [0, 0.05) is 26.3 Å². The van der Waals surface area contributed by atoms with Crippen LogP contribution < -0.4 is 5.32 Å². The van der Waals surface area contributed by atoms with Crippen molar-refractivity contribution in [2.24, 2.45) is 0 Å². The van der Waals surface area contributed by atoms with E-state index in [1.807, 2.05) is 26.0 Å². The number of benzene rings is 1. The number of likely N-dealkylation sites (tertiary alicyclic amines) is 1. The molecule has 6 heteroatoms. The fraction of sp³-hybridized carbons (Fsp3) is 0.500. The molecule has 0 radical (unpaired) electrons. The molecule has 1 saturated heterocycles. The van der Waals surface area contributed by atoms with Crippen LogP contribution in [0.4, 0.5) is 10.5 Å². The topological polar surface area (TPSA) is 76.4 Å². The van der Waals surface area contributed by atoms with Gasteiger partial charge in [-0.1, -0.05) is 12.1 Å². The van der Waals surface area contributed by atoms with Crippen LogP contribution in [0.5, 0.6) is 0 Å². The monoisotopic (exact) mass is 328 g/mol. The Morgan fingerprint density at radius 2 is 1.92 bits per heavy atom. The molecule has 0 saturated carbocycles. The Bertz CT molecular complexity index is 659. The Kier molecular flexibility index (Phi) is 5.13. The molecule has 1 unspecified atom stereocenters. The first-order chi connectivity index (χ1) is 11.3. The standard InChI is InChI=1S/C18H24N4O2/c1-18(2,12-19)13-7-9-14(10-8-13)20-17(24)22-11-5-6-15(22)16(23)21(3)4/h7-10,15H,5-6,11H2,1-4H3,(H,20,24). The third-order valence-corrected chi connectivity index (χ3v) is 4.38. The molecule has 0 spiro atoms. The van der Waals surface area contributed by atoms with E-state index in [1.54, 1.807) is 31.1 Å². The number of hydrogen-bond acceptors (Lipinski definition) is 3. The second-order valence-electron chi connectivity index (χ2n) is 6.83. The van der Waals surface area contributed by atoms with Crippen molar-refractivity contribution in [2.45, 2.75) is 38.1 Å². The molecule has 1 N–H and O–H groups in total. The summed E-state index contributed by atoms with van der Waals surface area (Å²) in [5.74, 6) is -0.0474. The maximum atomic E-state index is 12.5. The second kappa shape index (κ2) is 6.91. The molecule has 3 amide bonds. The molecule has 0 aromatic heterocycles. The smallest absolute Gasteiger partial charge is 0.322 e. The number of nitriles is 1. The third-order valence-electron chi connectivity index (χ3n) is 4.38. The van der Waals surface area contributed by atoms with Gasteiger partial charge in [-0.15, -0.1) is 0 Å². The van der Waals surface area contributed by atoms with Crippen LogP contribution in [-0.2, 0) is 10.2 Å². The number of carbonyl (C=O) groups excluding carboxylic acids is 2. The van der Waals surface area contributed by atoms with E-state index in [2.05, 4.69) is 11.4 Å². The number of hydrogen-bond donors (Lipinski definition) is 1. The van der Waals surface area contributed by atoms with Crippen molar-refractivity contribution in [2.75, 3.05) is 26.0 Å². The average molecular weight is 328 g/mol. The molecular formula is C18H24N4O2. The molecule has 24 heavy (non-hydrogen) atoms. The zero-order valence-electron chi connectivity index (χ0n) is 14.7. The molecule has 0 aliphatic carbocycles. The number of rotatable bonds is 3. The summed E-state index contributed by atoms with van der Waals surface area (Å²) >= 11 is 0. The van der Waals surface area contributed by atoms with E-state index in [4.69, 9.17) is 5.26 Å². The van der Waals surface area contributed by atoms with Crippen LogP contribution in [0.1, 0.15) is 32.3 Å². The van der Waals surface area contributed by atoms with Gasteiger partial charge in [-0.25, -0.2) is 4.79 Å². The second-order valence-corrected chi connectivity index (χ2v) is 6.83. The minimum atomic E-state index is -0.569.